The number of benzene rings is 1. The molecule has 1 atom stereocenters. The van der Waals surface area contributed by atoms with Crippen LogP contribution in [-0.2, 0) is 9.53 Å². The van der Waals surface area contributed by atoms with E-state index in [-0.39, 0.29) is 6.54 Å². The van der Waals surface area contributed by atoms with E-state index in [1.807, 2.05) is 6.92 Å². The summed E-state index contributed by atoms with van der Waals surface area (Å²) in [6.45, 7) is 2.04. The second-order valence-electron chi connectivity index (χ2n) is 3.68. The van der Waals surface area contributed by atoms with Crippen LogP contribution in [0.4, 0.5) is 0 Å². The Balaban J connectivity index is 2.65. The Kier molecular flexibility index (Phi) is 5.81. The number of amides is 1. The van der Waals surface area contributed by atoms with Crippen LogP contribution in [0.25, 0.3) is 0 Å². The van der Waals surface area contributed by atoms with E-state index in [0.29, 0.717) is 17.9 Å². The molecule has 19 heavy (non-hydrogen) atoms. The van der Waals surface area contributed by atoms with E-state index >= 15 is 0 Å². The fraction of sp³-hybridized carbons (Fsp3) is 0.385. The zero-order chi connectivity index (χ0) is 14.3. The Bertz CT molecular complexity index is 446. The average molecular weight is 267 g/mol. The topological polar surface area (TPSA) is 84.9 Å². The van der Waals surface area contributed by atoms with Gasteiger partial charge in [-0.2, -0.15) is 0 Å². The average Bonchev–Trinajstić information content (AvgIpc) is 2.44. The van der Waals surface area contributed by atoms with Crippen LogP contribution in [0.3, 0.4) is 0 Å². The summed E-state index contributed by atoms with van der Waals surface area (Å²) in [6.07, 6.45) is -1.38. The molecule has 0 aliphatic rings. The number of carbonyl (C=O) groups excluding carboxylic acids is 2. The molecule has 0 aliphatic carbocycles. The first-order valence-electron chi connectivity index (χ1n) is 5.86. The zero-order valence-corrected chi connectivity index (χ0v) is 10.9. The quantitative estimate of drug-likeness (QED) is 0.726. The minimum atomic E-state index is -1.38. The first kappa shape index (κ1) is 15.0. The number of hydrogen-bond acceptors (Lipinski definition) is 5. The summed E-state index contributed by atoms with van der Waals surface area (Å²) < 4.78 is 9.67. The maximum absolute atomic E-state index is 11.9. The Morgan fingerprint density at radius 3 is 2.68 bits per heavy atom. The van der Waals surface area contributed by atoms with Gasteiger partial charge in [-0.25, -0.2) is 4.79 Å². The number of carbonyl (C=O) groups is 2. The van der Waals surface area contributed by atoms with Crippen LogP contribution in [0.5, 0.6) is 5.75 Å². The summed E-state index contributed by atoms with van der Waals surface area (Å²) in [6, 6.07) is 6.74. The van der Waals surface area contributed by atoms with Gasteiger partial charge in [0.15, 0.2) is 6.10 Å². The second-order valence-corrected chi connectivity index (χ2v) is 3.68. The van der Waals surface area contributed by atoms with Crippen LogP contribution in [0, 0.1) is 0 Å². The van der Waals surface area contributed by atoms with E-state index < -0.39 is 18.0 Å². The van der Waals surface area contributed by atoms with Crippen LogP contribution < -0.4 is 10.1 Å². The summed E-state index contributed by atoms with van der Waals surface area (Å²) in [5.74, 6) is -0.763. The van der Waals surface area contributed by atoms with E-state index in [1.165, 1.54) is 0 Å². The van der Waals surface area contributed by atoms with E-state index in [4.69, 9.17) is 4.74 Å². The fourth-order valence-corrected chi connectivity index (χ4v) is 1.44. The molecule has 0 spiro atoms. The maximum atomic E-state index is 11.9. The van der Waals surface area contributed by atoms with Crippen molar-refractivity contribution in [1.29, 1.82) is 0 Å². The molecule has 0 heterocycles. The largest absolute Gasteiger partial charge is 0.493 e. The highest BCUT2D eigenvalue weighted by Crippen LogP contribution is 2.17. The van der Waals surface area contributed by atoms with Gasteiger partial charge in [0.25, 0.3) is 5.91 Å². The highest BCUT2D eigenvalue weighted by atomic mass is 16.5. The standard InChI is InChI=1S/C13H17NO5/c1-3-19-11-7-5-4-6-9(11)12(16)14-8-10(15)13(17)18-2/h4-7,10,15H,3,8H2,1-2H3,(H,14,16). The van der Waals surface area contributed by atoms with Crippen LogP contribution in [0.2, 0.25) is 0 Å². The van der Waals surface area contributed by atoms with Crippen LogP contribution >= 0.6 is 0 Å². The molecule has 1 rings (SSSR count). The third-order valence-electron chi connectivity index (χ3n) is 2.36. The fourth-order valence-electron chi connectivity index (χ4n) is 1.44. The summed E-state index contributed by atoms with van der Waals surface area (Å²) in [5, 5.41) is 11.8. The number of aliphatic hydroxyl groups excluding tert-OH is 1. The van der Waals surface area contributed by atoms with Gasteiger partial charge in [-0.3, -0.25) is 4.79 Å². The Morgan fingerprint density at radius 1 is 1.37 bits per heavy atom. The van der Waals surface area contributed by atoms with Crippen molar-refractivity contribution in [3.05, 3.63) is 29.8 Å². The number of esters is 1. The molecule has 0 aromatic heterocycles. The van der Waals surface area contributed by atoms with Crippen LogP contribution in [-0.4, -0.2) is 43.3 Å². The lowest BCUT2D eigenvalue weighted by atomic mass is 10.2. The number of para-hydroxylation sites is 1. The third-order valence-corrected chi connectivity index (χ3v) is 2.36. The third kappa shape index (κ3) is 4.26. The van der Waals surface area contributed by atoms with Crippen molar-refractivity contribution in [1.82, 2.24) is 5.32 Å². The Morgan fingerprint density at radius 2 is 2.05 bits per heavy atom. The molecule has 0 bridgehead atoms. The highest BCUT2D eigenvalue weighted by molar-refractivity contribution is 5.97. The second kappa shape index (κ2) is 7.38. The number of nitrogens with one attached hydrogen (secondary N) is 1. The van der Waals surface area contributed by atoms with Gasteiger partial charge in [0.1, 0.15) is 5.75 Å². The molecule has 0 saturated carbocycles. The summed E-state index contributed by atoms with van der Waals surface area (Å²) >= 11 is 0. The van der Waals surface area contributed by atoms with Gasteiger partial charge >= 0.3 is 5.97 Å². The monoisotopic (exact) mass is 267 g/mol. The molecule has 6 nitrogen and oxygen atoms in total. The van der Waals surface area contributed by atoms with Gasteiger partial charge in [-0.1, -0.05) is 12.1 Å². The molecular formula is C13H17NO5. The molecule has 104 valence electrons. The predicted molar refractivity (Wildman–Crippen MR) is 68.0 cm³/mol. The van der Waals surface area contributed by atoms with Gasteiger partial charge in [-0.05, 0) is 19.1 Å². The van der Waals surface area contributed by atoms with Gasteiger partial charge in [0, 0.05) is 0 Å². The number of ether oxygens (including phenoxy) is 2. The van der Waals surface area contributed by atoms with E-state index in [1.54, 1.807) is 24.3 Å². The van der Waals surface area contributed by atoms with Crippen molar-refractivity contribution in [2.75, 3.05) is 20.3 Å². The van der Waals surface area contributed by atoms with Crippen molar-refractivity contribution >= 4 is 11.9 Å². The SMILES string of the molecule is CCOc1ccccc1C(=O)NCC(O)C(=O)OC. The lowest BCUT2D eigenvalue weighted by Gasteiger charge is -2.12. The minimum absolute atomic E-state index is 0.216. The van der Waals surface area contributed by atoms with E-state index in [0.717, 1.165) is 7.11 Å². The number of aliphatic hydroxyl groups is 1. The zero-order valence-electron chi connectivity index (χ0n) is 10.9. The molecule has 0 aliphatic heterocycles. The Hall–Kier alpha value is -2.08. The summed E-state index contributed by atoms with van der Waals surface area (Å²) in [5.41, 5.74) is 0.349. The van der Waals surface area contributed by atoms with Crippen LogP contribution in [0.15, 0.2) is 24.3 Å². The smallest absolute Gasteiger partial charge is 0.336 e. The van der Waals surface area contributed by atoms with Gasteiger partial charge < -0.3 is 19.9 Å². The lowest BCUT2D eigenvalue weighted by Crippen LogP contribution is -2.37. The molecule has 0 radical (unpaired) electrons. The highest BCUT2D eigenvalue weighted by Gasteiger charge is 2.18. The van der Waals surface area contributed by atoms with Crippen molar-refractivity contribution in [2.45, 2.75) is 13.0 Å². The predicted octanol–water partition coefficient (Wildman–Crippen LogP) is 0.349. The molecule has 6 heteroatoms. The normalized spacial score (nSPS) is 11.5. The molecule has 1 unspecified atom stereocenters. The first-order valence-corrected chi connectivity index (χ1v) is 5.86. The molecular weight excluding hydrogens is 250 g/mol. The Labute approximate surface area is 111 Å². The summed E-state index contributed by atoms with van der Waals surface area (Å²) in [4.78, 5) is 22.9. The number of hydrogen-bond donors (Lipinski definition) is 2. The summed E-state index contributed by atoms with van der Waals surface area (Å²) in [7, 11) is 1.16. The number of methoxy groups -OCH3 is 1. The van der Waals surface area contributed by atoms with Crippen molar-refractivity contribution in [3.63, 3.8) is 0 Å². The first-order chi connectivity index (χ1) is 9.10. The van der Waals surface area contributed by atoms with Gasteiger partial charge in [0.2, 0.25) is 0 Å². The maximum Gasteiger partial charge on any atom is 0.336 e. The molecule has 1 amide bonds. The van der Waals surface area contributed by atoms with Crippen LogP contribution in [0.1, 0.15) is 17.3 Å². The molecule has 0 saturated heterocycles. The van der Waals surface area contributed by atoms with E-state index in [9.17, 15) is 14.7 Å². The number of rotatable bonds is 6. The van der Waals surface area contributed by atoms with Crippen molar-refractivity contribution < 1.29 is 24.2 Å². The molecule has 1 aromatic carbocycles. The van der Waals surface area contributed by atoms with Crippen molar-refractivity contribution in [3.8, 4) is 5.75 Å². The molecule has 1 aromatic rings. The minimum Gasteiger partial charge on any atom is -0.493 e. The van der Waals surface area contributed by atoms with Gasteiger partial charge in [0.05, 0.1) is 25.8 Å². The van der Waals surface area contributed by atoms with Crippen molar-refractivity contribution in [2.24, 2.45) is 0 Å². The molecule has 0 fully saturated rings. The van der Waals surface area contributed by atoms with Gasteiger partial charge in [-0.15, -0.1) is 0 Å². The lowest BCUT2D eigenvalue weighted by molar-refractivity contribution is -0.149. The molecule has 2 N–H and O–H groups in total. The van der Waals surface area contributed by atoms with E-state index in [2.05, 4.69) is 10.1 Å².